The van der Waals surface area contributed by atoms with Gasteiger partial charge in [0.25, 0.3) is 11.1 Å². The molecule has 1 aliphatic rings. The van der Waals surface area contributed by atoms with E-state index < -0.39 is 0 Å². The topological polar surface area (TPSA) is 99.6 Å². The van der Waals surface area contributed by atoms with Crippen LogP contribution >= 0.6 is 0 Å². The zero-order valence-electron chi connectivity index (χ0n) is 14.8. The van der Waals surface area contributed by atoms with Gasteiger partial charge < -0.3 is 5.32 Å². The minimum absolute atomic E-state index is 0.0605. The highest BCUT2D eigenvalue weighted by Crippen LogP contribution is 2.28. The first-order valence-corrected chi connectivity index (χ1v) is 8.73. The van der Waals surface area contributed by atoms with Crippen LogP contribution in [-0.2, 0) is 14.1 Å². The third-order valence-corrected chi connectivity index (χ3v) is 5.09. The highest BCUT2D eigenvalue weighted by Gasteiger charge is 2.24. The molecule has 0 aromatic carbocycles. The molecule has 26 heavy (non-hydrogen) atoms. The molecule has 0 saturated heterocycles. The van der Waals surface area contributed by atoms with Crippen molar-refractivity contribution in [2.75, 3.05) is 5.32 Å². The second kappa shape index (κ2) is 6.40. The Hall–Kier alpha value is -2.97. The summed E-state index contributed by atoms with van der Waals surface area (Å²) in [5.41, 5.74) is 0.401. The van der Waals surface area contributed by atoms with Gasteiger partial charge in [-0.25, -0.2) is 4.68 Å². The Morgan fingerprint density at radius 1 is 1.12 bits per heavy atom. The van der Waals surface area contributed by atoms with E-state index in [9.17, 15) is 9.59 Å². The molecule has 1 saturated carbocycles. The van der Waals surface area contributed by atoms with Gasteiger partial charge in [-0.15, -0.1) is 0 Å². The van der Waals surface area contributed by atoms with Crippen LogP contribution in [0.15, 0.2) is 34.1 Å². The SMILES string of the molecule is Cn1c(NC2CCC(n3ncccc3=O)CC2)nc2c(cnn2C)c1=O. The van der Waals surface area contributed by atoms with E-state index in [4.69, 9.17) is 0 Å². The first-order valence-electron chi connectivity index (χ1n) is 8.73. The van der Waals surface area contributed by atoms with Gasteiger partial charge in [0.05, 0.1) is 12.2 Å². The van der Waals surface area contributed by atoms with Crippen molar-refractivity contribution in [2.45, 2.75) is 37.8 Å². The molecule has 0 radical (unpaired) electrons. The van der Waals surface area contributed by atoms with Crippen molar-refractivity contribution in [3.05, 3.63) is 45.2 Å². The number of nitrogens with zero attached hydrogens (tertiary/aromatic N) is 6. The number of hydrogen-bond donors (Lipinski definition) is 1. The minimum atomic E-state index is -0.112. The number of rotatable bonds is 3. The normalized spacial score (nSPS) is 20.4. The maximum Gasteiger partial charge on any atom is 0.266 e. The van der Waals surface area contributed by atoms with Crippen LogP contribution in [0.3, 0.4) is 0 Å². The average molecular weight is 355 g/mol. The van der Waals surface area contributed by atoms with Crippen molar-refractivity contribution in [1.29, 1.82) is 0 Å². The van der Waals surface area contributed by atoms with Gasteiger partial charge in [-0.2, -0.15) is 15.2 Å². The number of aryl methyl sites for hydroxylation is 1. The molecular formula is C17H21N7O2. The largest absolute Gasteiger partial charge is 0.353 e. The molecule has 0 spiro atoms. The van der Waals surface area contributed by atoms with Crippen molar-refractivity contribution in [1.82, 2.24) is 29.1 Å². The Morgan fingerprint density at radius 2 is 1.88 bits per heavy atom. The van der Waals surface area contributed by atoms with Crippen LogP contribution in [0.25, 0.3) is 11.0 Å². The Kier molecular flexibility index (Phi) is 4.06. The predicted molar refractivity (Wildman–Crippen MR) is 97.2 cm³/mol. The molecule has 1 fully saturated rings. The lowest BCUT2D eigenvalue weighted by Crippen LogP contribution is -2.34. The third-order valence-electron chi connectivity index (χ3n) is 5.09. The number of fused-ring (bicyclic) bond motifs is 1. The van der Waals surface area contributed by atoms with E-state index >= 15 is 0 Å². The molecule has 4 rings (SSSR count). The minimum Gasteiger partial charge on any atom is -0.353 e. The number of nitrogens with one attached hydrogen (secondary N) is 1. The predicted octanol–water partition coefficient (Wildman–Crippen LogP) is 0.819. The summed E-state index contributed by atoms with van der Waals surface area (Å²) in [4.78, 5) is 29.0. The molecule has 0 bridgehead atoms. The van der Waals surface area contributed by atoms with Gasteiger partial charge in [0.2, 0.25) is 5.95 Å². The average Bonchev–Trinajstić information content (AvgIpc) is 3.02. The number of aromatic nitrogens is 6. The lowest BCUT2D eigenvalue weighted by molar-refractivity contribution is 0.303. The zero-order valence-corrected chi connectivity index (χ0v) is 14.8. The molecule has 3 heterocycles. The quantitative estimate of drug-likeness (QED) is 0.747. The van der Waals surface area contributed by atoms with Crippen LogP contribution in [0.2, 0.25) is 0 Å². The molecule has 3 aromatic rings. The lowest BCUT2D eigenvalue weighted by Gasteiger charge is -2.30. The highest BCUT2D eigenvalue weighted by molar-refractivity contribution is 5.74. The first-order chi connectivity index (χ1) is 12.5. The van der Waals surface area contributed by atoms with Crippen molar-refractivity contribution in [3.63, 3.8) is 0 Å². The van der Waals surface area contributed by atoms with Gasteiger partial charge in [0.1, 0.15) is 5.39 Å². The number of hydrogen-bond acceptors (Lipinski definition) is 6. The molecule has 0 aliphatic heterocycles. The van der Waals surface area contributed by atoms with Crippen LogP contribution in [0.4, 0.5) is 5.95 Å². The van der Waals surface area contributed by atoms with E-state index in [1.165, 1.54) is 4.57 Å². The molecule has 0 unspecified atom stereocenters. The van der Waals surface area contributed by atoms with Gasteiger partial charge in [0.15, 0.2) is 5.65 Å². The van der Waals surface area contributed by atoms with Gasteiger partial charge in [0, 0.05) is 32.4 Å². The van der Waals surface area contributed by atoms with Gasteiger partial charge in [-0.1, -0.05) is 0 Å². The molecule has 3 aromatic heterocycles. The van der Waals surface area contributed by atoms with E-state index in [-0.39, 0.29) is 23.2 Å². The Bertz CT molecular complexity index is 1060. The molecule has 0 amide bonds. The van der Waals surface area contributed by atoms with E-state index in [1.54, 1.807) is 48.0 Å². The van der Waals surface area contributed by atoms with E-state index in [0.29, 0.717) is 17.0 Å². The monoisotopic (exact) mass is 355 g/mol. The highest BCUT2D eigenvalue weighted by atomic mass is 16.1. The zero-order chi connectivity index (χ0) is 18.3. The first kappa shape index (κ1) is 16.5. The fraction of sp³-hybridized carbons (Fsp3) is 0.471. The van der Waals surface area contributed by atoms with Crippen LogP contribution in [0, 0.1) is 0 Å². The van der Waals surface area contributed by atoms with Gasteiger partial charge in [-0.05, 0) is 31.7 Å². The van der Waals surface area contributed by atoms with E-state index in [0.717, 1.165) is 25.7 Å². The summed E-state index contributed by atoms with van der Waals surface area (Å²) in [5, 5.41) is 12.2. The fourth-order valence-corrected chi connectivity index (χ4v) is 3.59. The van der Waals surface area contributed by atoms with Crippen molar-refractivity contribution < 1.29 is 0 Å². The smallest absolute Gasteiger partial charge is 0.266 e. The molecule has 9 nitrogen and oxygen atoms in total. The molecule has 1 N–H and O–H groups in total. The second-order valence-electron chi connectivity index (χ2n) is 6.76. The fourth-order valence-electron chi connectivity index (χ4n) is 3.59. The molecular weight excluding hydrogens is 334 g/mol. The van der Waals surface area contributed by atoms with Gasteiger partial charge >= 0.3 is 0 Å². The van der Waals surface area contributed by atoms with Crippen LogP contribution in [-0.4, -0.2) is 35.2 Å². The molecule has 0 atom stereocenters. The Morgan fingerprint density at radius 3 is 2.62 bits per heavy atom. The third kappa shape index (κ3) is 2.79. The van der Waals surface area contributed by atoms with Crippen LogP contribution in [0.1, 0.15) is 31.7 Å². The Labute approximate surface area is 149 Å². The summed E-state index contributed by atoms with van der Waals surface area (Å²) in [6.07, 6.45) is 6.67. The van der Waals surface area contributed by atoms with Crippen molar-refractivity contribution in [2.24, 2.45) is 14.1 Å². The Balaban J connectivity index is 1.51. The maximum absolute atomic E-state index is 12.5. The standard InChI is InChI=1S/C17H21N7O2/c1-22-16(26)13-10-19-23(2)15(13)21-17(22)20-11-5-7-12(8-6-11)24-14(25)4-3-9-18-24/h3-4,9-12H,5-8H2,1-2H3,(H,20,21). The van der Waals surface area contributed by atoms with E-state index in [1.807, 2.05) is 0 Å². The summed E-state index contributed by atoms with van der Waals surface area (Å²) in [6, 6.07) is 3.53. The van der Waals surface area contributed by atoms with Crippen LogP contribution < -0.4 is 16.4 Å². The lowest BCUT2D eigenvalue weighted by atomic mass is 9.91. The molecule has 9 heteroatoms. The summed E-state index contributed by atoms with van der Waals surface area (Å²) in [5.74, 6) is 0.546. The summed E-state index contributed by atoms with van der Waals surface area (Å²) in [6.45, 7) is 0. The molecule has 136 valence electrons. The summed E-state index contributed by atoms with van der Waals surface area (Å²) in [7, 11) is 3.48. The van der Waals surface area contributed by atoms with Gasteiger partial charge in [-0.3, -0.25) is 18.8 Å². The second-order valence-corrected chi connectivity index (χ2v) is 6.76. The molecule has 1 aliphatic carbocycles. The summed E-state index contributed by atoms with van der Waals surface area (Å²) < 4.78 is 4.71. The van der Waals surface area contributed by atoms with E-state index in [2.05, 4.69) is 20.5 Å². The van der Waals surface area contributed by atoms with Crippen molar-refractivity contribution in [3.8, 4) is 0 Å². The maximum atomic E-state index is 12.5. The van der Waals surface area contributed by atoms with Crippen molar-refractivity contribution >= 4 is 17.0 Å². The van der Waals surface area contributed by atoms with Crippen LogP contribution in [0.5, 0.6) is 0 Å². The summed E-state index contributed by atoms with van der Waals surface area (Å²) >= 11 is 0. The number of anilines is 1.